The van der Waals surface area contributed by atoms with Gasteiger partial charge in [-0.25, -0.2) is 0 Å². The molecule has 0 bridgehead atoms. The van der Waals surface area contributed by atoms with Crippen LogP contribution in [0.4, 0.5) is 17.2 Å². The van der Waals surface area contributed by atoms with Crippen LogP contribution in [0.5, 0.6) is 0 Å². The average Bonchev–Trinajstić information content (AvgIpc) is 2.60. The number of benzene rings is 1. The summed E-state index contributed by atoms with van der Waals surface area (Å²) in [5, 5.41) is 7.87. The maximum absolute atomic E-state index is 6.19. The molecular formula is C15H22N4. The van der Waals surface area contributed by atoms with Crippen LogP contribution in [-0.4, -0.2) is 9.78 Å². The van der Waals surface area contributed by atoms with Gasteiger partial charge in [-0.2, -0.15) is 5.10 Å². The van der Waals surface area contributed by atoms with Crippen LogP contribution in [0.15, 0.2) is 18.2 Å². The van der Waals surface area contributed by atoms with Gasteiger partial charge in [-0.15, -0.1) is 0 Å². The van der Waals surface area contributed by atoms with Crippen molar-refractivity contribution in [2.45, 2.75) is 33.6 Å². The number of nitrogen functional groups attached to an aromatic ring is 1. The molecule has 0 unspecified atom stereocenters. The molecule has 0 aliphatic heterocycles. The Hall–Kier alpha value is -1.97. The van der Waals surface area contributed by atoms with Gasteiger partial charge in [0.2, 0.25) is 0 Å². The molecule has 0 fully saturated rings. The number of hydrogen-bond acceptors (Lipinski definition) is 3. The first-order chi connectivity index (χ1) is 8.90. The maximum Gasteiger partial charge on any atom is 0.152 e. The first-order valence-corrected chi connectivity index (χ1v) is 6.56. The Balaban J connectivity index is 2.38. The minimum absolute atomic E-state index is 0.320. The summed E-state index contributed by atoms with van der Waals surface area (Å²) >= 11 is 0. The van der Waals surface area contributed by atoms with E-state index in [0.717, 1.165) is 22.9 Å². The Kier molecular flexibility index (Phi) is 3.51. The van der Waals surface area contributed by atoms with Crippen LogP contribution < -0.4 is 11.1 Å². The van der Waals surface area contributed by atoms with Gasteiger partial charge in [0.1, 0.15) is 0 Å². The Bertz CT molecular complexity index is 596. The molecule has 0 saturated heterocycles. The summed E-state index contributed by atoms with van der Waals surface area (Å²) in [7, 11) is 1.91. The van der Waals surface area contributed by atoms with Gasteiger partial charge in [-0.05, 0) is 31.4 Å². The van der Waals surface area contributed by atoms with Gasteiger partial charge in [0, 0.05) is 12.7 Å². The third-order valence-electron chi connectivity index (χ3n) is 3.29. The third-order valence-corrected chi connectivity index (χ3v) is 3.29. The molecule has 4 heteroatoms. The quantitative estimate of drug-likeness (QED) is 0.886. The van der Waals surface area contributed by atoms with Gasteiger partial charge in [0.25, 0.3) is 0 Å². The van der Waals surface area contributed by atoms with Crippen LogP contribution in [0.3, 0.4) is 0 Å². The topological polar surface area (TPSA) is 55.9 Å². The van der Waals surface area contributed by atoms with E-state index in [1.165, 1.54) is 11.1 Å². The highest BCUT2D eigenvalue weighted by atomic mass is 15.3. The van der Waals surface area contributed by atoms with Crippen LogP contribution in [0.2, 0.25) is 0 Å². The van der Waals surface area contributed by atoms with E-state index in [2.05, 4.69) is 56.3 Å². The molecule has 0 radical (unpaired) electrons. The largest absolute Gasteiger partial charge is 0.394 e. The summed E-state index contributed by atoms with van der Waals surface area (Å²) in [5.41, 5.74) is 11.4. The van der Waals surface area contributed by atoms with Crippen LogP contribution in [0.1, 0.15) is 36.6 Å². The van der Waals surface area contributed by atoms with Crippen LogP contribution in [-0.2, 0) is 7.05 Å². The fourth-order valence-electron chi connectivity index (χ4n) is 2.22. The normalized spacial score (nSPS) is 11.1. The highest BCUT2D eigenvalue weighted by Crippen LogP contribution is 2.31. The Morgan fingerprint density at radius 3 is 2.47 bits per heavy atom. The lowest BCUT2D eigenvalue weighted by atomic mass is 10.1. The smallest absolute Gasteiger partial charge is 0.152 e. The van der Waals surface area contributed by atoms with Crippen molar-refractivity contribution < 1.29 is 0 Å². The van der Waals surface area contributed by atoms with E-state index in [9.17, 15) is 0 Å². The number of anilines is 3. The Labute approximate surface area is 114 Å². The first kappa shape index (κ1) is 13.5. The molecule has 1 heterocycles. The van der Waals surface area contributed by atoms with E-state index < -0.39 is 0 Å². The van der Waals surface area contributed by atoms with Crippen molar-refractivity contribution in [2.24, 2.45) is 7.05 Å². The lowest BCUT2D eigenvalue weighted by molar-refractivity contribution is 0.718. The van der Waals surface area contributed by atoms with Crippen molar-refractivity contribution in [3.63, 3.8) is 0 Å². The van der Waals surface area contributed by atoms with E-state index >= 15 is 0 Å². The van der Waals surface area contributed by atoms with E-state index in [-0.39, 0.29) is 0 Å². The van der Waals surface area contributed by atoms with Crippen LogP contribution in [0.25, 0.3) is 0 Å². The van der Waals surface area contributed by atoms with Crippen LogP contribution >= 0.6 is 0 Å². The third kappa shape index (κ3) is 2.57. The number of aromatic nitrogens is 2. The zero-order valence-corrected chi connectivity index (χ0v) is 12.3. The predicted octanol–water partition coefficient (Wildman–Crippen LogP) is 3.49. The summed E-state index contributed by atoms with van der Waals surface area (Å²) in [6.45, 7) is 8.37. The van der Waals surface area contributed by atoms with Gasteiger partial charge < -0.3 is 11.1 Å². The second kappa shape index (κ2) is 4.96. The number of nitrogens with one attached hydrogen (secondary N) is 1. The fraction of sp³-hybridized carbons (Fsp3) is 0.400. The van der Waals surface area contributed by atoms with E-state index in [4.69, 9.17) is 5.73 Å². The number of aryl methyl sites for hydroxylation is 3. The molecule has 0 saturated carbocycles. The van der Waals surface area contributed by atoms with Crippen molar-refractivity contribution in [1.29, 1.82) is 0 Å². The number of rotatable bonds is 3. The molecule has 3 N–H and O–H groups in total. The Morgan fingerprint density at radius 2 is 1.95 bits per heavy atom. The lowest BCUT2D eigenvalue weighted by Crippen LogP contribution is -2.02. The van der Waals surface area contributed by atoms with Crippen molar-refractivity contribution >= 4 is 17.2 Å². The molecule has 102 valence electrons. The summed E-state index contributed by atoms with van der Waals surface area (Å²) < 4.78 is 1.81. The Morgan fingerprint density at radius 1 is 1.26 bits per heavy atom. The SMILES string of the molecule is Cc1ccc(Nc2c(N)c(C(C)C)nn2C)c(C)c1. The van der Waals surface area contributed by atoms with Gasteiger partial charge in [-0.3, -0.25) is 4.68 Å². The van der Waals surface area contributed by atoms with Crippen molar-refractivity contribution in [3.05, 3.63) is 35.0 Å². The fourth-order valence-corrected chi connectivity index (χ4v) is 2.22. The van der Waals surface area contributed by atoms with Crippen molar-refractivity contribution in [3.8, 4) is 0 Å². The lowest BCUT2D eigenvalue weighted by Gasteiger charge is -2.11. The summed E-state index contributed by atoms with van der Waals surface area (Å²) in [5.74, 6) is 1.18. The minimum Gasteiger partial charge on any atom is -0.394 e. The molecule has 2 aromatic rings. The molecule has 0 aliphatic carbocycles. The zero-order valence-electron chi connectivity index (χ0n) is 12.3. The summed E-state index contributed by atoms with van der Waals surface area (Å²) in [6.07, 6.45) is 0. The molecule has 1 aromatic heterocycles. The van der Waals surface area contributed by atoms with Crippen molar-refractivity contribution in [2.75, 3.05) is 11.1 Å². The monoisotopic (exact) mass is 258 g/mol. The molecule has 0 aliphatic rings. The van der Waals surface area contributed by atoms with E-state index in [1.807, 2.05) is 11.7 Å². The maximum atomic E-state index is 6.19. The summed E-state index contributed by atoms with van der Waals surface area (Å²) in [4.78, 5) is 0. The molecule has 4 nitrogen and oxygen atoms in total. The summed E-state index contributed by atoms with van der Waals surface area (Å²) in [6, 6.07) is 6.32. The highest BCUT2D eigenvalue weighted by Gasteiger charge is 2.16. The number of hydrogen-bond donors (Lipinski definition) is 2. The van der Waals surface area contributed by atoms with Gasteiger partial charge in [-0.1, -0.05) is 31.5 Å². The van der Waals surface area contributed by atoms with E-state index in [1.54, 1.807) is 0 Å². The second-order valence-electron chi connectivity index (χ2n) is 5.37. The zero-order chi connectivity index (χ0) is 14.2. The van der Waals surface area contributed by atoms with Gasteiger partial charge in [0.15, 0.2) is 5.82 Å². The molecule has 2 rings (SSSR count). The van der Waals surface area contributed by atoms with Crippen LogP contribution in [0, 0.1) is 13.8 Å². The minimum atomic E-state index is 0.320. The molecular weight excluding hydrogens is 236 g/mol. The van der Waals surface area contributed by atoms with E-state index in [0.29, 0.717) is 5.92 Å². The van der Waals surface area contributed by atoms with Gasteiger partial charge in [0.05, 0.1) is 11.4 Å². The average molecular weight is 258 g/mol. The molecule has 1 aromatic carbocycles. The first-order valence-electron chi connectivity index (χ1n) is 6.56. The molecule has 0 amide bonds. The molecule has 19 heavy (non-hydrogen) atoms. The standard InChI is InChI=1S/C15H22N4/c1-9(2)14-13(16)15(19(5)18-14)17-12-7-6-10(3)8-11(12)4/h6-9,17H,16H2,1-5H3. The van der Waals surface area contributed by atoms with Crippen molar-refractivity contribution in [1.82, 2.24) is 9.78 Å². The molecule has 0 spiro atoms. The molecule has 0 atom stereocenters. The second-order valence-corrected chi connectivity index (χ2v) is 5.37. The highest BCUT2D eigenvalue weighted by molar-refractivity contribution is 5.73. The predicted molar refractivity (Wildman–Crippen MR) is 80.9 cm³/mol. The van der Waals surface area contributed by atoms with Gasteiger partial charge >= 0.3 is 0 Å². The number of nitrogens with two attached hydrogens (primary N) is 1. The number of nitrogens with zero attached hydrogens (tertiary/aromatic N) is 2.